The van der Waals surface area contributed by atoms with Crippen LogP contribution < -0.4 is 15.8 Å². The van der Waals surface area contributed by atoms with Crippen molar-refractivity contribution in [2.45, 2.75) is 40.0 Å². The van der Waals surface area contributed by atoms with E-state index in [9.17, 15) is 9.59 Å². The zero-order valence-electron chi connectivity index (χ0n) is 17.6. The maximum absolute atomic E-state index is 12.7. The third-order valence-electron chi connectivity index (χ3n) is 4.75. The smallest absolute Gasteiger partial charge is 0.271 e. The molecule has 158 valence electrons. The Morgan fingerprint density at radius 3 is 2.55 bits per heavy atom. The number of rotatable bonds is 11. The zero-order valence-corrected chi connectivity index (χ0v) is 17.6. The highest BCUT2D eigenvalue weighted by Gasteiger charge is 2.21. The standard InChI is InChI=1S/C21H31N5O3/c1-5-26(6-2)11-12-29-16-10-8-7-9-15(16)13-17(27)23-19-18(14(3)4)24-25-20(19)21(22)28/h7-10,14H,5-6,11-13H2,1-4H3,(H2,22,28)(H,23,27)(H,24,25). The number of H-pyrrole nitrogens is 1. The Hall–Kier alpha value is -2.87. The quantitative estimate of drug-likeness (QED) is 0.535. The molecule has 0 saturated heterocycles. The van der Waals surface area contributed by atoms with E-state index in [-0.39, 0.29) is 23.9 Å². The number of para-hydroxylation sites is 1. The van der Waals surface area contributed by atoms with Crippen LogP contribution in [0.3, 0.4) is 0 Å². The van der Waals surface area contributed by atoms with Gasteiger partial charge in [-0.3, -0.25) is 14.7 Å². The zero-order chi connectivity index (χ0) is 21.4. The van der Waals surface area contributed by atoms with E-state index in [2.05, 4.69) is 34.3 Å². The van der Waals surface area contributed by atoms with Crippen LogP contribution in [0.1, 0.15) is 55.4 Å². The lowest BCUT2D eigenvalue weighted by molar-refractivity contribution is -0.115. The van der Waals surface area contributed by atoms with Gasteiger partial charge >= 0.3 is 0 Å². The van der Waals surface area contributed by atoms with E-state index in [4.69, 9.17) is 10.5 Å². The molecule has 2 aromatic rings. The van der Waals surface area contributed by atoms with Crippen molar-refractivity contribution in [1.29, 1.82) is 0 Å². The second-order valence-corrected chi connectivity index (χ2v) is 7.09. The minimum absolute atomic E-state index is 0.0332. The van der Waals surface area contributed by atoms with Crippen molar-refractivity contribution < 1.29 is 14.3 Å². The van der Waals surface area contributed by atoms with Crippen molar-refractivity contribution in [3.05, 3.63) is 41.2 Å². The fraction of sp³-hybridized carbons (Fsp3) is 0.476. The number of nitrogens with two attached hydrogens (primary N) is 1. The number of likely N-dealkylation sites (N-methyl/N-ethyl adjacent to an activating group) is 1. The molecule has 0 spiro atoms. The number of hydrogen-bond donors (Lipinski definition) is 3. The third-order valence-corrected chi connectivity index (χ3v) is 4.75. The van der Waals surface area contributed by atoms with Crippen molar-refractivity contribution in [3.8, 4) is 5.75 Å². The molecule has 0 unspecified atom stereocenters. The highest BCUT2D eigenvalue weighted by molar-refractivity contribution is 6.02. The lowest BCUT2D eigenvalue weighted by Crippen LogP contribution is -2.28. The molecule has 0 atom stereocenters. The summed E-state index contributed by atoms with van der Waals surface area (Å²) < 4.78 is 5.92. The highest BCUT2D eigenvalue weighted by atomic mass is 16.5. The second-order valence-electron chi connectivity index (χ2n) is 7.09. The van der Waals surface area contributed by atoms with Crippen LogP contribution in [0.15, 0.2) is 24.3 Å². The molecule has 1 aromatic heterocycles. The van der Waals surface area contributed by atoms with Crippen molar-refractivity contribution in [2.75, 3.05) is 31.6 Å². The molecule has 0 aliphatic rings. The van der Waals surface area contributed by atoms with Crippen LogP contribution in [0.25, 0.3) is 0 Å². The number of aromatic amines is 1. The fourth-order valence-electron chi connectivity index (χ4n) is 3.05. The van der Waals surface area contributed by atoms with Gasteiger partial charge in [-0.05, 0) is 25.1 Å². The Morgan fingerprint density at radius 2 is 1.93 bits per heavy atom. The number of carbonyl (C=O) groups is 2. The van der Waals surface area contributed by atoms with E-state index < -0.39 is 5.91 Å². The molecule has 2 rings (SSSR count). The average molecular weight is 402 g/mol. The Kier molecular flexibility index (Phi) is 8.21. The second kappa shape index (κ2) is 10.6. The van der Waals surface area contributed by atoms with Crippen LogP contribution in [-0.4, -0.2) is 53.2 Å². The van der Waals surface area contributed by atoms with Gasteiger partial charge in [-0.15, -0.1) is 0 Å². The summed E-state index contributed by atoms with van der Waals surface area (Å²) >= 11 is 0. The van der Waals surface area contributed by atoms with Gasteiger partial charge in [-0.25, -0.2) is 0 Å². The molecule has 0 fully saturated rings. The molecule has 2 amide bonds. The van der Waals surface area contributed by atoms with Crippen molar-refractivity contribution >= 4 is 17.5 Å². The van der Waals surface area contributed by atoms with E-state index in [1.165, 1.54) is 0 Å². The molecule has 0 aliphatic heterocycles. The molecule has 0 bridgehead atoms. The predicted molar refractivity (Wildman–Crippen MR) is 113 cm³/mol. The van der Waals surface area contributed by atoms with Crippen LogP contribution >= 0.6 is 0 Å². The number of hydrogen-bond acceptors (Lipinski definition) is 5. The Balaban J connectivity index is 2.09. The van der Waals surface area contributed by atoms with Crippen LogP contribution in [-0.2, 0) is 11.2 Å². The molecular formula is C21H31N5O3. The first-order valence-electron chi connectivity index (χ1n) is 9.98. The molecule has 29 heavy (non-hydrogen) atoms. The van der Waals surface area contributed by atoms with Gasteiger partial charge in [-0.2, -0.15) is 5.10 Å². The van der Waals surface area contributed by atoms with Crippen LogP contribution in [0, 0.1) is 0 Å². The third kappa shape index (κ3) is 6.05. The summed E-state index contributed by atoms with van der Waals surface area (Å²) in [7, 11) is 0. The summed E-state index contributed by atoms with van der Waals surface area (Å²) in [6.07, 6.45) is 0.113. The van der Waals surface area contributed by atoms with E-state index in [0.29, 0.717) is 23.7 Å². The number of primary amides is 1. The number of benzene rings is 1. The Bertz CT molecular complexity index is 827. The van der Waals surface area contributed by atoms with Gasteiger partial charge in [0.1, 0.15) is 12.4 Å². The largest absolute Gasteiger partial charge is 0.492 e. The number of carbonyl (C=O) groups excluding carboxylic acids is 2. The normalized spacial score (nSPS) is 11.1. The van der Waals surface area contributed by atoms with E-state index in [0.717, 1.165) is 25.2 Å². The van der Waals surface area contributed by atoms with Gasteiger partial charge in [-0.1, -0.05) is 45.9 Å². The van der Waals surface area contributed by atoms with E-state index >= 15 is 0 Å². The number of nitrogens with zero attached hydrogens (tertiary/aromatic N) is 2. The van der Waals surface area contributed by atoms with Gasteiger partial charge in [0.05, 0.1) is 17.8 Å². The SMILES string of the molecule is CCN(CC)CCOc1ccccc1CC(=O)Nc1c(C(N)=O)n[nH]c1C(C)C. The molecule has 1 heterocycles. The van der Waals surface area contributed by atoms with Gasteiger partial charge in [0, 0.05) is 12.1 Å². The van der Waals surface area contributed by atoms with Crippen LogP contribution in [0.4, 0.5) is 5.69 Å². The number of amides is 2. The molecule has 0 radical (unpaired) electrons. The molecule has 0 aliphatic carbocycles. The number of ether oxygens (including phenoxy) is 1. The first-order chi connectivity index (χ1) is 13.9. The summed E-state index contributed by atoms with van der Waals surface area (Å²) in [5.74, 6) is -0.234. The molecule has 8 nitrogen and oxygen atoms in total. The predicted octanol–water partition coefficient (Wildman–Crippen LogP) is 2.53. The molecular weight excluding hydrogens is 370 g/mol. The van der Waals surface area contributed by atoms with Crippen molar-refractivity contribution in [1.82, 2.24) is 15.1 Å². The summed E-state index contributed by atoms with van der Waals surface area (Å²) in [6.45, 7) is 11.4. The highest BCUT2D eigenvalue weighted by Crippen LogP contribution is 2.26. The molecule has 4 N–H and O–H groups in total. The van der Waals surface area contributed by atoms with Gasteiger partial charge in [0.25, 0.3) is 5.91 Å². The maximum Gasteiger partial charge on any atom is 0.271 e. The van der Waals surface area contributed by atoms with E-state index in [1.807, 2.05) is 38.1 Å². The fourth-order valence-corrected chi connectivity index (χ4v) is 3.05. The van der Waals surface area contributed by atoms with Gasteiger partial charge < -0.3 is 20.7 Å². The van der Waals surface area contributed by atoms with Crippen molar-refractivity contribution in [2.24, 2.45) is 5.73 Å². The summed E-state index contributed by atoms with van der Waals surface area (Å²) in [5, 5.41) is 9.53. The summed E-state index contributed by atoms with van der Waals surface area (Å²) in [6, 6.07) is 7.47. The monoisotopic (exact) mass is 401 g/mol. The van der Waals surface area contributed by atoms with Gasteiger partial charge in [0.15, 0.2) is 5.69 Å². The van der Waals surface area contributed by atoms with Crippen LogP contribution in [0.5, 0.6) is 5.75 Å². The van der Waals surface area contributed by atoms with Gasteiger partial charge in [0.2, 0.25) is 5.91 Å². The molecule has 8 heteroatoms. The van der Waals surface area contributed by atoms with E-state index in [1.54, 1.807) is 0 Å². The minimum Gasteiger partial charge on any atom is -0.492 e. The molecule has 0 saturated carbocycles. The lowest BCUT2D eigenvalue weighted by atomic mass is 10.1. The first kappa shape index (κ1) is 22.4. The maximum atomic E-state index is 12.7. The number of anilines is 1. The van der Waals surface area contributed by atoms with Crippen molar-refractivity contribution in [3.63, 3.8) is 0 Å². The Morgan fingerprint density at radius 1 is 1.24 bits per heavy atom. The molecule has 1 aromatic carbocycles. The number of aromatic nitrogens is 2. The topological polar surface area (TPSA) is 113 Å². The summed E-state index contributed by atoms with van der Waals surface area (Å²) in [5.41, 5.74) is 7.20. The first-order valence-corrected chi connectivity index (χ1v) is 9.98. The Labute approximate surface area is 171 Å². The average Bonchev–Trinajstić information content (AvgIpc) is 3.10. The summed E-state index contributed by atoms with van der Waals surface area (Å²) in [4.78, 5) is 26.6. The van der Waals surface area contributed by atoms with Crippen LogP contribution in [0.2, 0.25) is 0 Å². The minimum atomic E-state index is -0.691. The number of nitrogens with one attached hydrogen (secondary N) is 2. The lowest BCUT2D eigenvalue weighted by Gasteiger charge is -2.19.